The van der Waals surface area contributed by atoms with Gasteiger partial charge in [-0.25, -0.2) is 4.98 Å². The van der Waals surface area contributed by atoms with E-state index in [0.29, 0.717) is 12.0 Å². The Morgan fingerprint density at radius 2 is 2.11 bits per heavy atom. The van der Waals surface area contributed by atoms with Gasteiger partial charge in [0, 0.05) is 12.5 Å². The number of aromatic amines is 1. The molecule has 0 saturated carbocycles. The van der Waals surface area contributed by atoms with Crippen molar-refractivity contribution in [2.24, 2.45) is 0 Å². The predicted octanol–water partition coefficient (Wildman–Crippen LogP) is 3.46. The van der Waals surface area contributed by atoms with Crippen LogP contribution in [0.2, 0.25) is 0 Å². The molecule has 1 saturated heterocycles. The molecule has 96 valence electrons. The van der Waals surface area contributed by atoms with Gasteiger partial charge >= 0.3 is 0 Å². The average molecular weight is 244 g/mol. The van der Waals surface area contributed by atoms with Gasteiger partial charge in [0.1, 0.15) is 5.82 Å². The minimum atomic E-state index is 0.327. The van der Waals surface area contributed by atoms with Crippen LogP contribution in [0.5, 0.6) is 0 Å². The molecule has 2 heterocycles. The van der Waals surface area contributed by atoms with Crippen molar-refractivity contribution >= 4 is 11.0 Å². The number of nitrogens with zero attached hydrogens (tertiary/aromatic N) is 1. The normalized spacial score (nSPS) is 23.9. The summed E-state index contributed by atoms with van der Waals surface area (Å²) in [6.07, 6.45) is 2.46. The zero-order valence-electron chi connectivity index (χ0n) is 11.3. The number of rotatable bonds is 2. The summed E-state index contributed by atoms with van der Waals surface area (Å²) < 4.78 is 5.75. The van der Waals surface area contributed by atoms with Gasteiger partial charge in [-0.05, 0) is 49.9 Å². The largest absolute Gasteiger partial charge is 0.377 e. The molecule has 1 aliphatic heterocycles. The zero-order valence-corrected chi connectivity index (χ0v) is 11.3. The highest BCUT2D eigenvalue weighted by Gasteiger charge is 2.30. The molecule has 0 radical (unpaired) electrons. The van der Waals surface area contributed by atoms with Crippen molar-refractivity contribution in [3.8, 4) is 0 Å². The molecule has 3 nitrogen and oxygen atoms in total. The van der Waals surface area contributed by atoms with Crippen LogP contribution >= 0.6 is 0 Å². The highest BCUT2D eigenvalue weighted by atomic mass is 16.5. The van der Waals surface area contributed by atoms with Crippen molar-refractivity contribution in [2.75, 3.05) is 6.61 Å². The second-order valence-electron chi connectivity index (χ2n) is 5.29. The van der Waals surface area contributed by atoms with Crippen LogP contribution in [0.15, 0.2) is 12.1 Å². The van der Waals surface area contributed by atoms with Gasteiger partial charge in [0.15, 0.2) is 0 Å². The molecular formula is C15H20N2O. The Morgan fingerprint density at radius 3 is 2.89 bits per heavy atom. The molecule has 0 bridgehead atoms. The second kappa shape index (κ2) is 4.39. The quantitative estimate of drug-likeness (QED) is 0.878. The Hall–Kier alpha value is -1.35. The van der Waals surface area contributed by atoms with Gasteiger partial charge in [-0.1, -0.05) is 6.92 Å². The van der Waals surface area contributed by atoms with E-state index in [1.54, 1.807) is 0 Å². The number of aromatic nitrogens is 2. The molecule has 0 aliphatic carbocycles. The molecule has 3 heteroatoms. The SMILES string of the molecule is CCC1OCCC1c1nc2cc(C)c(C)cc2[nH]1. The van der Waals surface area contributed by atoms with Crippen LogP contribution in [-0.4, -0.2) is 22.7 Å². The fourth-order valence-electron chi connectivity index (χ4n) is 2.83. The zero-order chi connectivity index (χ0) is 12.7. The fraction of sp³-hybridized carbons (Fsp3) is 0.533. The molecule has 1 aromatic carbocycles. The van der Waals surface area contributed by atoms with Crippen molar-refractivity contribution in [1.29, 1.82) is 0 Å². The van der Waals surface area contributed by atoms with Gasteiger partial charge in [-0.3, -0.25) is 0 Å². The van der Waals surface area contributed by atoms with Crippen LogP contribution in [0, 0.1) is 13.8 Å². The third-order valence-electron chi connectivity index (χ3n) is 4.08. The van der Waals surface area contributed by atoms with Crippen LogP contribution in [0.3, 0.4) is 0 Å². The summed E-state index contributed by atoms with van der Waals surface area (Å²) in [6.45, 7) is 7.32. The van der Waals surface area contributed by atoms with Gasteiger partial charge < -0.3 is 9.72 Å². The van der Waals surface area contributed by atoms with Crippen molar-refractivity contribution < 1.29 is 4.74 Å². The van der Waals surface area contributed by atoms with Crippen molar-refractivity contribution in [3.63, 3.8) is 0 Å². The molecule has 2 atom stereocenters. The van der Waals surface area contributed by atoms with Crippen molar-refractivity contribution in [3.05, 3.63) is 29.1 Å². The number of aryl methyl sites for hydroxylation is 2. The molecule has 18 heavy (non-hydrogen) atoms. The molecule has 0 spiro atoms. The molecule has 1 aromatic heterocycles. The summed E-state index contributed by atoms with van der Waals surface area (Å²) in [5.41, 5.74) is 4.84. The maximum Gasteiger partial charge on any atom is 0.113 e. The third kappa shape index (κ3) is 1.83. The van der Waals surface area contributed by atoms with E-state index in [4.69, 9.17) is 9.72 Å². The Labute approximate surface area is 108 Å². The van der Waals surface area contributed by atoms with E-state index in [0.717, 1.165) is 36.3 Å². The smallest absolute Gasteiger partial charge is 0.113 e. The lowest BCUT2D eigenvalue weighted by Crippen LogP contribution is -2.14. The Bertz CT molecular complexity index is 534. The molecule has 3 rings (SSSR count). The summed E-state index contributed by atoms with van der Waals surface area (Å²) in [4.78, 5) is 8.24. The summed E-state index contributed by atoms with van der Waals surface area (Å²) >= 11 is 0. The van der Waals surface area contributed by atoms with Crippen molar-refractivity contribution in [1.82, 2.24) is 9.97 Å². The summed E-state index contributed by atoms with van der Waals surface area (Å²) in [6, 6.07) is 4.36. The van der Waals surface area contributed by atoms with Crippen LogP contribution in [-0.2, 0) is 4.74 Å². The van der Waals surface area contributed by atoms with E-state index >= 15 is 0 Å². The van der Waals surface area contributed by atoms with Crippen LogP contribution in [0.1, 0.15) is 42.6 Å². The number of nitrogens with one attached hydrogen (secondary N) is 1. The number of fused-ring (bicyclic) bond motifs is 1. The van der Waals surface area contributed by atoms with E-state index in [1.165, 1.54) is 11.1 Å². The number of hydrogen-bond donors (Lipinski definition) is 1. The van der Waals surface area contributed by atoms with E-state index < -0.39 is 0 Å². The topological polar surface area (TPSA) is 37.9 Å². The minimum absolute atomic E-state index is 0.327. The Kier molecular flexibility index (Phi) is 2.86. The highest BCUT2D eigenvalue weighted by Crippen LogP contribution is 2.32. The van der Waals surface area contributed by atoms with Crippen LogP contribution < -0.4 is 0 Å². The lowest BCUT2D eigenvalue weighted by molar-refractivity contribution is 0.0996. The maximum absolute atomic E-state index is 5.75. The summed E-state index contributed by atoms with van der Waals surface area (Å²) in [5, 5.41) is 0. The lowest BCUT2D eigenvalue weighted by Gasteiger charge is -2.13. The highest BCUT2D eigenvalue weighted by molar-refractivity contribution is 5.77. The first-order valence-corrected chi connectivity index (χ1v) is 6.77. The third-order valence-corrected chi connectivity index (χ3v) is 4.08. The second-order valence-corrected chi connectivity index (χ2v) is 5.29. The summed E-state index contributed by atoms with van der Waals surface area (Å²) in [5.74, 6) is 1.53. The number of benzene rings is 1. The standard InChI is InChI=1S/C15H20N2O/c1-4-14-11(5-6-18-14)15-16-12-7-9(2)10(3)8-13(12)17-15/h7-8,11,14H,4-6H2,1-3H3,(H,16,17). The number of hydrogen-bond acceptors (Lipinski definition) is 2. The Balaban J connectivity index is 2.03. The van der Waals surface area contributed by atoms with E-state index in [-0.39, 0.29) is 0 Å². The number of H-pyrrole nitrogens is 1. The summed E-state index contributed by atoms with van der Waals surface area (Å²) in [7, 11) is 0. The lowest BCUT2D eigenvalue weighted by atomic mass is 9.99. The van der Waals surface area contributed by atoms with Gasteiger partial charge in [0.25, 0.3) is 0 Å². The van der Waals surface area contributed by atoms with E-state index in [9.17, 15) is 0 Å². The molecular weight excluding hydrogens is 224 g/mol. The van der Waals surface area contributed by atoms with Gasteiger partial charge in [0.05, 0.1) is 17.1 Å². The van der Waals surface area contributed by atoms with E-state index in [2.05, 4.69) is 37.9 Å². The molecule has 2 aromatic rings. The fourth-order valence-corrected chi connectivity index (χ4v) is 2.83. The number of imidazole rings is 1. The Morgan fingerprint density at radius 1 is 1.33 bits per heavy atom. The first-order chi connectivity index (χ1) is 8.69. The van der Waals surface area contributed by atoms with Gasteiger partial charge in [-0.15, -0.1) is 0 Å². The van der Waals surface area contributed by atoms with Crippen LogP contribution in [0.25, 0.3) is 11.0 Å². The van der Waals surface area contributed by atoms with E-state index in [1.807, 2.05) is 0 Å². The van der Waals surface area contributed by atoms with Gasteiger partial charge in [0.2, 0.25) is 0 Å². The molecule has 0 amide bonds. The van der Waals surface area contributed by atoms with Gasteiger partial charge in [-0.2, -0.15) is 0 Å². The molecule has 2 unspecified atom stereocenters. The maximum atomic E-state index is 5.75. The molecule has 1 aliphatic rings. The van der Waals surface area contributed by atoms with Crippen molar-refractivity contribution in [2.45, 2.75) is 45.6 Å². The first-order valence-electron chi connectivity index (χ1n) is 6.77. The molecule has 1 fully saturated rings. The monoisotopic (exact) mass is 244 g/mol. The minimum Gasteiger partial charge on any atom is -0.377 e. The average Bonchev–Trinajstić information content (AvgIpc) is 2.95. The molecule has 1 N–H and O–H groups in total. The predicted molar refractivity (Wildman–Crippen MR) is 73.0 cm³/mol. The first kappa shape index (κ1) is 11.7. The number of ether oxygens (including phenoxy) is 1. The van der Waals surface area contributed by atoms with Crippen LogP contribution in [0.4, 0.5) is 0 Å².